The standard InChI is InChI=1S/C34H32F2N8OS.2H2/c35-19-3-2-18-10-26-25(13-38-42-26)27(24(18)11-19)29-30-23(6-8-37-29)28-31(43-15-21-4-5-22(16-43)39-21)40-33(41-32(28)46-30)45-17-34-7-1-9-44(34)14-20(36)12-34;;/h2-3,6,8,10-11,13,20-22,39H,1,4-5,7,9,12,14-17H2,(H,38,42);2*1H/t20-,21?,22?,34+;;/m1../s1. The first-order valence-corrected chi connectivity index (χ1v) is 17.0. The van der Waals surface area contributed by atoms with E-state index in [0.29, 0.717) is 37.7 Å². The molecule has 4 aliphatic rings. The number of rotatable bonds is 5. The number of aromatic nitrogens is 5. The van der Waals surface area contributed by atoms with Gasteiger partial charge >= 0.3 is 6.01 Å². The lowest BCUT2D eigenvalue weighted by molar-refractivity contribution is 0.107. The van der Waals surface area contributed by atoms with Crippen molar-refractivity contribution in [1.29, 1.82) is 0 Å². The second-order valence-corrected chi connectivity index (χ2v) is 14.5. The second-order valence-electron chi connectivity index (χ2n) is 13.5. The predicted octanol–water partition coefficient (Wildman–Crippen LogP) is 6.46. The van der Waals surface area contributed by atoms with Gasteiger partial charge in [0.2, 0.25) is 0 Å². The van der Waals surface area contributed by atoms with Crippen LogP contribution in [0.25, 0.3) is 53.2 Å². The van der Waals surface area contributed by atoms with Crippen molar-refractivity contribution < 1.29 is 16.4 Å². The normalized spacial score (nSPS) is 26.3. The van der Waals surface area contributed by atoms with Gasteiger partial charge in [-0.25, -0.2) is 8.78 Å². The number of aromatic amines is 1. The Labute approximate surface area is 269 Å². The van der Waals surface area contributed by atoms with Crippen LogP contribution in [0.4, 0.5) is 14.6 Å². The summed E-state index contributed by atoms with van der Waals surface area (Å²) >= 11 is 1.56. The van der Waals surface area contributed by atoms with Crippen LogP contribution in [0.2, 0.25) is 0 Å². The van der Waals surface area contributed by atoms with Crippen LogP contribution in [0.15, 0.2) is 42.7 Å². The molecule has 4 aliphatic heterocycles. The van der Waals surface area contributed by atoms with Gasteiger partial charge in [-0.1, -0.05) is 6.07 Å². The van der Waals surface area contributed by atoms with Crippen LogP contribution >= 0.6 is 11.3 Å². The van der Waals surface area contributed by atoms with Crippen molar-refractivity contribution in [2.24, 2.45) is 0 Å². The molecule has 2 unspecified atom stereocenters. The molecular weight excluding hydrogens is 606 g/mol. The zero-order valence-corrected chi connectivity index (χ0v) is 25.9. The molecule has 0 amide bonds. The Morgan fingerprint density at radius 2 is 1.96 bits per heavy atom. The summed E-state index contributed by atoms with van der Waals surface area (Å²) in [5.41, 5.74) is 2.18. The topological polar surface area (TPSA) is 95.1 Å². The van der Waals surface area contributed by atoms with E-state index in [1.807, 2.05) is 18.3 Å². The van der Waals surface area contributed by atoms with Crippen LogP contribution in [0.5, 0.6) is 6.01 Å². The summed E-state index contributed by atoms with van der Waals surface area (Å²) in [6, 6.07) is 10.1. The third-order valence-corrected chi connectivity index (χ3v) is 11.8. The fraction of sp³-hybridized carbons (Fsp3) is 0.412. The molecule has 0 aliphatic carbocycles. The summed E-state index contributed by atoms with van der Waals surface area (Å²) in [5.74, 6) is 0.569. The van der Waals surface area contributed by atoms with Crippen molar-refractivity contribution in [3.63, 3.8) is 0 Å². The molecule has 10 rings (SSSR count). The Morgan fingerprint density at radius 1 is 1.07 bits per heavy atom. The number of pyridine rings is 1. The van der Waals surface area contributed by atoms with Crippen molar-refractivity contribution >= 4 is 59.1 Å². The first-order chi connectivity index (χ1) is 22.5. The number of piperazine rings is 1. The zero-order chi connectivity index (χ0) is 30.6. The van der Waals surface area contributed by atoms with Gasteiger partial charge in [-0.05, 0) is 67.3 Å². The number of hydrogen-bond acceptors (Lipinski definition) is 9. The number of thiophene rings is 1. The third-order valence-electron chi connectivity index (χ3n) is 10.7. The maximum atomic E-state index is 14.7. The molecule has 2 bridgehead atoms. The Morgan fingerprint density at radius 3 is 2.85 bits per heavy atom. The number of ether oxygens (including phenoxy) is 1. The van der Waals surface area contributed by atoms with Crippen LogP contribution in [0.1, 0.15) is 35.0 Å². The van der Waals surface area contributed by atoms with E-state index < -0.39 is 6.17 Å². The smallest absolute Gasteiger partial charge is 0.319 e. The number of H-pyrrole nitrogens is 1. The molecule has 2 aromatic carbocycles. The van der Waals surface area contributed by atoms with E-state index in [1.165, 1.54) is 6.07 Å². The van der Waals surface area contributed by atoms with E-state index in [1.54, 1.807) is 29.7 Å². The van der Waals surface area contributed by atoms with Gasteiger partial charge in [-0.3, -0.25) is 15.0 Å². The lowest BCUT2D eigenvalue weighted by Gasteiger charge is -2.34. The molecule has 2 N–H and O–H groups in total. The number of nitrogens with one attached hydrogen (secondary N) is 2. The van der Waals surface area contributed by atoms with Crippen LogP contribution in [0.3, 0.4) is 0 Å². The molecular formula is C34H36F2N8OS. The molecule has 9 nitrogen and oxygen atoms in total. The quantitative estimate of drug-likeness (QED) is 0.221. The van der Waals surface area contributed by atoms with Gasteiger partial charge in [0.15, 0.2) is 0 Å². The van der Waals surface area contributed by atoms with E-state index >= 15 is 0 Å². The van der Waals surface area contributed by atoms with E-state index in [0.717, 1.165) is 104 Å². The van der Waals surface area contributed by atoms with Crippen molar-refractivity contribution in [2.45, 2.75) is 55.9 Å². The van der Waals surface area contributed by atoms with Crippen molar-refractivity contribution in [3.8, 4) is 17.3 Å². The second kappa shape index (κ2) is 10.00. The van der Waals surface area contributed by atoms with Gasteiger partial charge in [0.1, 0.15) is 29.2 Å². The summed E-state index contributed by atoms with van der Waals surface area (Å²) in [6.45, 7) is 3.48. The van der Waals surface area contributed by atoms with E-state index in [4.69, 9.17) is 19.7 Å². The maximum Gasteiger partial charge on any atom is 0.319 e. The number of hydrogen-bond donors (Lipinski definition) is 2. The van der Waals surface area contributed by atoms with Crippen LogP contribution in [0, 0.1) is 5.82 Å². The molecule has 238 valence electrons. The Bertz CT molecular complexity index is 2190. The summed E-state index contributed by atoms with van der Waals surface area (Å²) in [5, 5.41) is 15.7. The average Bonchev–Trinajstić information content (AvgIpc) is 3.87. The summed E-state index contributed by atoms with van der Waals surface area (Å²) in [6.07, 6.45) is 7.57. The highest BCUT2D eigenvalue weighted by atomic mass is 32.1. The molecule has 46 heavy (non-hydrogen) atoms. The summed E-state index contributed by atoms with van der Waals surface area (Å²) in [7, 11) is 0. The molecule has 4 atom stereocenters. The first-order valence-electron chi connectivity index (χ1n) is 16.2. The minimum Gasteiger partial charge on any atom is -0.461 e. The molecule has 4 saturated heterocycles. The fourth-order valence-electron chi connectivity index (χ4n) is 8.69. The van der Waals surface area contributed by atoms with Crippen LogP contribution in [-0.2, 0) is 0 Å². The predicted molar refractivity (Wildman–Crippen MR) is 180 cm³/mol. The highest BCUT2D eigenvalue weighted by Crippen LogP contribution is 2.46. The van der Waals surface area contributed by atoms with Gasteiger partial charge in [0.25, 0.3) is 0 Å². The minimum atomic E-state index is -0.822. The number of benzene rings is 2. The van der Waals surface area contributed by atoms with Gasteiger partial charge in [-0.15, -0.1) is 11.3 Å². The molecule has 8 heterocycles. The summed E-state index contributed by atoms with van der Waals surface area (Å²) < 4.78 is 36.6. The van der Waals surface area contributed by atoms with E-state index in [2.05, 4.69) is 25.3 Å². The Hall–Kier alpha value is -4.00. The number of alkyl halides is 1. The monoisotopic (exact) mass is 642 g/mol. The average molecular weight is 643 g/mol. The molecule has 0 saturated carbocycles. The maximum absolute atomic E-state index is 14.7. The summed E-state index contributed by atoms with van der Waals surface area (Å²) in [4.78, 5) is 20.5. The number of nitrogens with zero attached hydrogens (tertiary/aromatic N) is 6. The zero-order valence-electron chi connectivity index (χ0n) is 25.1. The number of anilines is 1. The molecule has 4 fully saturated rings. The highest BCUT2D eigenvalue weighted by molar-refractivity contribution is 7.26. The number of halogens is 2. The van der Waals surface area contributed by atoms with Gasteiger partial charge in [0, 0.05) is 63.5 Å². The van der Waals surface area contributed by atoms with Crippen molar-refractivity contribution in [1.82, 2.24) is 35.4 Å². The van der Waals surface area contributed by atoms with Crippen molar-refractivity contribution in [3.05, 3.63) is 48.5 Å². The largest absolute Gasteiger partial charge is 0.461 e. The SMILES string of the molecule is Fc1ccc2cc3[nH]ncc3c(-c3nccc4c3sc3nc(OC[C@@]56CCCN5C[C@H](F)C6)nc(N5CC6CCC(C5)N6)c34)c2c1.[HH].[HH]. The lowest BCUT2D eigenvalue weighted by atomic mass is 9.95. The Kier molecular flexibility index (Phi) is 5.90. The Balaban J connectivity index is 0.00000168. The van der Waals surface area contributed by atoms with Gasteiger partial charge in [0.05, 0.1) is 33.0 Å². The molecule has 0 spiro atoms. The van der Waals surface area contributed by atoms with Crippen LogP contribution < -0.4 is 15.0 Å². The fourth-order valence-corrected chi connectivity index (χ4v) is 9.84. The van der Waals surface area contributed by atoms with E-state index in [9.17, 15) is 8.78 Å². The van der Waals surface area contributed by atoms with Crippen molar-refractivity contribution in [2.75, 3.05) is 37.7 Å². The molecule has 6 aromatic rings. The van der Waals surface area contributed by atoms with Gasteiger partial charge < -0.3 is 15.0 Å². The minimum absolute atomic E-state index is 0. The highest BCUT2D eigenvalue weighted by Gasteiger charge is 2.49. The molecule has 4 aromatic heterocycles. The first kappa shape index (κ1) is 27.1. The molecule has 12 heteroatoms. The van der Waals surface area contributed by atoms with Gasteiger partial charge in [-0.2, -0.15) is 15.1 Å². The van der Waals surface area contributed by atoms with Crippen LogP contribution in [-0.4, -0.2) is 86.6 Å². The number of fused-ring (bicyclic) bond motifs is 8. The molecule has 0 radical (unpaired) electrons. The van der Waals surface area contributed by atoms with E-state index in [-0.39, 0.29) is 14.2 Å². The third kappa shape index (κ3) is 4.09. The lowest BCUT2D eigenvalue weighted by Crippen LogP contribution is -2.51.